The third-order valence-corrected chi connectivity index (χ3v) is 5.54. The lowest BCUT2D eigenvalue weighted by Gasteiger charge is -2.49. The van der Waals surface area contributed by atoms with Crippen LogP contribution in [0.2, 0.25) is 0 Å². The second-order valence-electron chi connectivity index (χ2n) is 6.07. The molecule has 1 aromatic carbocycles. The largest absolute Gasteiger partial charge is 0.484 e. The van der Waals surface area contributed by atoms with Crippen LogP contribution >= 0.6 is 11.8 Å². The van der Waals surface area contributed by atoms with Crippen LogP contribution < -0.4 is 10.1 Å². The predicted octanol–water partition coefficient (Wildman–Crippen LogP) is 1.47. The number of carbonyl (C=O) groups is 3. The maximum absolute atomic E-state index is 12.5. The van der Waals surface area contributed by atoms with Crippen LogP contribution in [0.5, 0.6) is 5.75 Å². The van der Waals surface area contributed by atoms with Gasteiger partial charge in [-0.2, -0.15) is 0 Å². The number of nitrogens with zero attached hydrogens (tertiary/aromatic N) is 1. The first-order valence-electron chi connectivity index (χ1n) is 8.42. The first-order valence-corrected chi connectivity index (χ1v) is 9.47. The zero-order valence-corrected chi connectivity index (χ0v) is 15.7. The minimum absolute atomic E-state index is 0.0758. The van der Waals surface area contributed by atoms with E-state index in [1.165, 1.54) is 22.7 Å². The first-order chi connectivity index (χ1) is 13.0. The maximum Gasteiger partial charge on any atom is 0.355 e. The molecule has 2 heterocycles. The standard InChI is InChI=1S/C19H20N2O5S/c1-3-9-25-19(24)16-12(2)11-27-18-15(17(23)21(16)18)20-14(22)10-26-13-7-5-4-6-8-13/h3-8,15,18H,1,9-11H2,2H3,(H,20,22)/t15-,18-/m1/s1. The van der Waals surface area contributed by atoms with Gasteiger partial charge in [0, 0.05) is 5.75 Å². The van der Waals surface area contributed by atoms with E-state index in [-0.39, 0.29) is 36.1 Å². The summed E-state index contributed by atoms with van der Waals surface area (Å²) in [4.78, 5) is 38.3. The number of nitrogens with one attached hydrogen (secondary N) is 1. The fourth-order valence-corrected chi connectivity index (χ4v) is 4.14. The van der Waals surface area contributed by atoms with Crippen molar-refractivity contribution in [2.24, 2.45) is 0 Å². The van der Waals surface area contributed by atoms with Crippen molar-refractivity contribution in [3.63, 3.8) is 0 Å². The molecule has 0 bridgehead atoms. The fourth-order valence-electron chi connectivity index (χ4n) is 2.85. The van der Waals surface area contributed by atoms with Gasteiger partial charge in [-0.1, -0.05) is 30.9 Å². The Balaban J connectivity index is 1.59. The van der Waals surface area contributed by atoms with E-state index in [1.807, 2.05) is 6.07 Å². The Morgan fingerprint density at radius 3 is 2.81 bits per heavy atom. The summed E-state index contributed by atoms with van der Waals surface area (Å²) in [5.41, 5.74) is 1.03. The molecule has 27 heavy (non-hydrogen) atoms. The highest BCUT2D eigenvalue weighted by molar-refractivity contribution is 8.00. The fraction of sp³-hybridized carbons (Fsp3) is 0.316. The molecular weight excluding hydrogens is 368 g/mol. The average Bonchev–Trinajstić information content (AvgIpc) is 2.69. The van der Waals surface area contributed by atoms with E-state index in [9.17, 15) is 14.4 Å². The highest BCUT2D eigenvalue weighted by Gasteiger charge is 2.53. The van der Waals surface area contributed by atoms with Crippen molar-refractivity contribution in [1.29, 1.82) is 0 Å². The van der Waals surface area contributed by atoms with Crippen LogP contribution in [-0.2, 0) is 19.1 Å². The van der Waals surface area contributed by atoms with Crippen molar-refractivity contribution < 1.29 is 23.9 Å². The van der Waals surface area contributed by atoms with Crippen LogP contribution in [-0.4, -0.2) is 53.1 Å². The molecule has 8 heteroatoms. The number of hydrogen-bond acceptors (Lipinski definition) is 6. The Hall–Kier alpha value is -2.74. The number of rotatable bonds is 7. The lowest BCUT2D eigenvalue weighted by molar-refractivity contribution is -0.152. The molecule has 1 fully saturated rings. The average molecular weight is 388 g/mol. The Labute approximate surface area is 161 Å². The normalized spacial score (nSPS) is 21.1. The monoisotopic (exact) mass is 388 g/mol. The van der Waals surface area contributed by atoms with Crippen molar-refractivity contribution in [3.8, 4) is 5.75 Å². The highest BCUT2D eigenvalue weighted by atomic mass is 32.2. The number of hydrogen-bond donors (Lipinski definition) is 1. The van der Waals surface area contributed by atoms with Gasteiger partial charge in [-0.15, -0.1) is 11.8 Å². The third kappa shape index (κ3) is 4.00. The molecule has 2 aliphatic rings. The molecule has 7 nitrogen and oxygen atoms in total. The number of esters is 1. The van der Waals surface area contributed by atoms with E-state index >= 15 is 0 Å². The van der Waals surface area contributed by atoms with Crippen LogP contribution in [0.15, 0.2) is 54.3 Å². The van der Waals surface area contributed by atoms with Crippen molar-refractivity contribution in [1.82, 2.24) is 10.2 Å². The van der Waals surface area contributed by atoms with Gasteiger partial charge in [-0.25, -0.2) is 4.79 Å². The SMILES string of the molecule is C=CCOC(=O)C1=C(C)CS[C@@H]2[C@H](NC(=O)COc3ccccc3)C(=O)N12. The number of fused-ring (bicyclic) bond motifs is 1. The zero-order valence-electron chi connectivity index (χ0n) is 14.8. The zero-order chi connectivity index (χ0) is 19.4. The van der Waals surface area contributed by atoms with Gasteiger partial charge in [0.15, 0.2) is 6.61 Å². The van der Waals surface area contributed by atoms with Gasteiger partial charge in [0.25, 0.3) is 11.8 Å². The van der Waals surface area contributed by atoms with Gasteiger partial charge >= 0.3 is 5.97 Å². The summed E-state index contributed by atoms with van der Waals surface area (Å²) in [5, 5.41) is 2.36. The van der Waals surface area contributed by atoms with Crippen molar-refractivity contribution in [3.05, 3.63) is 54.3 Å². The van der Waals surface area contributed by atoms with Gasteiger partial charge in [-0.05, 0) is 24.6 Å². The summed E-state index contributed by atoms with van der Waals surface area (Å²) in [6.45, 7) is 5.19. The molecule has 1 aromatic rings. The summed E-state index contributed by atoms with van der Waals surface area (Å²) in [7, 11) is 0. The lowest BCUT2D eigenvalue weighted by atomic mass is 10.0. The molecular formula is C19H20N2O5S. The molecule has 1 saturated heterocycles. The van der Waals surface area contributed by atoms with E-state index in [4.69, 9.17) is 9.47 Å². The van der Waals surface area contributed by atoms with Gasteiger partial charge in [-0.3, -0.25) is 14.5 Å². The molecule has 3 rings (SSSR count). The van der Waals surface area contributed by atoms with Crippen LogP contribution in [0, 0.1) is 0 Å². The Kier molecular flexibility index (Phi) is 5.85. The molecule has 0 aliphatic carbocycles. The number of para-hydroxylation sites is 1. The van der Waals surface area contributed by atoms with Crippen LogP contribution in [0.3, 0.4) is 0 Å². The molecule has 2 aliphatic heterocycles. The lowest BCUT2D eigenvalue weighted by Crippen LogP contribution is -2.70. The second kappa shape index (κ2) is 8.30. The smallest absolute Gasteiger partial charge is 0.355 e. The maximum atomic E-state index is 12.5. The summed E-state index contributed by atoms with van der Waals surface area (Å²) >= 11 is 1.50. The first kappa shape index (κ1) is 19.0. The predicted molar refractivity (Wildman–Crippen MR) is 101 cm³/mol. The molecule has 142 valence electrons. The molecule has 0 radical (unpaired) electrons. The van der Waals surface area contributed by atoms with Crippen LogP contribution in [0.4, 0.5) is 0 Å². The second-order valence-corrected chi connectivity index (χ2v) is 7.18. The number of amides is 2. The van der Waals surface area contributed by atoms with Crippen molar-refractivity contribution in [2.75, 3.05) is 19.0 Å². The van der Waals surface area contributed by atoms with Crippen LogP contribution in [0.1, 0.15) is 6.92 Å². The van der Waals surface area contributed by atoms with Crippen molar-refractivity contribution in [2.45, 2.75) is 18.3 Å². The third-order valence-electron chi connectivity index (χ3n) is 4.11. The molecule has 1 N–H and O–H groups in total. The number of carbonyl (C=O) groups excluding carboxylic acids is 3. The summed E-state index contributed by atoms with van der Waals surface area (Å²) < 4.78 is 10.5. The van der Waals surface area contributed by atoms with E-state index in [2.05, 4.69) is 11.9 Å². The molecule has 2 atom stereocenters. The molecule has 0 saturated carbocycles. The number of ether oxygens (including phenoxy) is 2. The minimum Gasteiger partial charge on any atom is -0.484 e. The Morgan fingerprint density at radius 2 is 2.11 bits per heavy atom. The number of β-lactam (4-membered cyclic amide) rings is 1. The molecule has 0 spiro atoms. The summed E-state index contributed by atoms with van der Waals surface area (Å²) in [5.74, 6) is -0.111. The van der Waals surface area contributed by atoms with Crippen LogP contribution in [0.25, 0.3) is 0 Å². The minimum atomic E-state index is -0.683. The van der Waals surface area contributed by atoms with Gasteiger partial charge in [0.2, 0.25) is 0 Å². The Morgan fingerprint density at radius 1 is 1.37 bits per heavy atom. The summed E-state index contributed by atoms with van der Waals surface area (Å²) in [6.07, 6.45) is 1.47. The van der Waals surface area contributed by atoms with E-state index in [0.717, 1.165) is 5.57 Å². The van der Waals surface area contributed by atoms with Gasteiger partial charge < -0.3 is 14.8 Å². The highest BCUT2D eigenvalue weighted by Crippen LogP contribution is 2.40. The van der Waals surface area contributed by atoms with Gasteiger partial charge in [0.05, 0.1) is 0 Å². The van der Waals surface area contributed by atoms with E-state index in [0.29, 0.717) is 11.5 Å². The number of thioether (sulfide) groups is 1. The van der Waals surface area contributed by atoms with E-state index < -0.39 is 12.0 Å². The molecule has 0 aromatic heterocycles. The Bertz CT molecular complexity index is 793. The van der Waals surface area contributed by atoms with Gasteiger partial charge in [0.1, 0.15) is 29.5 Å². The molecule has 0 unspecified atom stereocenters. The van der Waals surface area contributed by atoms with Crippen molar-refractivity contribution >= 4 is 29.5 Å². The van der Waals surface area contributed by atoms with E-state index in [1.54, 1.807) is 31.2 Å². The topological polar surface area (TPSA) is 84.9 Å². The molecule has 2 amide bonds. The summed E-state index contributed by atoms with van der Waals surface area (Å²) in [6, 6.07) is 8.27. The number of benzene rings is 1. The quantitative estimate of drug-likeness (QED) is 0.433.